The van der Waals surface area contributed by atoms with Gasteiger partial charge >= 0.3 is 0 Å². The molecule has 0 amide bonds. The molecule has 0 saturated carbocycles. The summed E-state index contributed by atoms with van der Waals surface area (Å²) in [6.45, 7) is 4.39. The number of nitrogens with zero attached hydrogens (tertiary/aromatic N) is 2. The summed E-state index contributed by atoms with van der Waals surface area (Å²) in [5.41, 5.74) is 7.05. The van der Waals surface area contributed by atoms with Crippen LogP contribution in [0.2, 0.25) is 0 Å². The summed E-state index contributed by atoms with van der Waals surface area (Å²) < 4.78 is 0. The van der Waals surface area contributed by atoms with E-state index in [1.165, 1.54) is 16.7 Å². The molecule has 0 atom stereocenters. The molecule has 0 unspecified atom stereocenters. The standard InChI is InChI=1S/C28H22N2/c1-19(2)24-15-13-22-14-16-25(23(17-29)18-30)28(27(22)24)26(20-9-5-3-6-10-20)21-11-7-4-8-12-21/h3-12,14-16,19H,13H2,1-2H3. The van der Waals surface area contributed by atoms with Crippen molar-refractivity contribution in [2.45, 2.75) is 20.3 Å². The maximum Gasteiger partial charge on any atom is 0.137 e. The van der Waals surface area contributed by atoms with E-state index in [1.807, 2.05) is 42.5 Å². The second kappa shape index (κ2) is 8.24. The quantitative estimate of drug-likeness (QED) is 0.653. The molecule has 3 aromatic carbocycles. The Bertz CT molecular complexity index is 1270. The van der Waals surface area contributed by atoms with Gasteiger partial charge < -0.3 is 0 Å². The minimum atomic E-state index is 0.146. The number of nitriles is 2. The van der Waals surface area contributed by atoms with Crippen molar-refractivity contribution < 1.29 is 0 Å². The fourth-order valence-corrected chi connectivity index (χ4v) is 4.27. The van der Waals surface area contributed by atoms with Gasteiger partial charge in [0, 0.05) is 5.22 Å². The third-order valence-electron chi connectivity index (χ3n) is 5.61. The highest BCUT2D eigenvalue weighted by molar-refractivity contribution is 5.86. The van der Waals surface area contributed by atoms with Crippen LogP contribution in [0.5, 0.6) is 0 Å². The van der Waals surface area contributed by atoms with Crippen LogP contribution >= 0.6 is 0 Å². The second-order valence-electron chi connectivity index (χ2n) is 7.75. The summed E-state index contributed by atoms with van der Waals surface area (Å²) in [5, 5.41) is 21.1. The first-order chi connectivity index (χ1) is 14.7. The van der Waals surface area contributed by atoms with Crippen LogP contribution in [-0.4, -0.2) is 0 Å². The summed E-state index contributed by atoms with van der Waals surface area (Å²) >= 11 is 0. The first kappa shape index (κ1) is 19.4. The molecule has 0 spiro atoms. The Kier molecular flexibility index (Phi) is 5.34. The predicted octanol–water partition coefficient (Wildman–Crippen LogP) is 4.73. The Morgan fingerprint density at radius 2 is 1.37 bits per heavy atom. The highest BCUT2D eigenvalue weighted by atomic mass is 14.3. The van der Waals surface area contributed by atoms with E-state index in [0.29, 0.717) is 11.1 Å². The third-order valence-corrected chi connectivity index (χ3v) is 5.61. The van der Waals surface area contributed by atoms with E-state index < -0.39 is 0 Å². The summed E-state index contributed by atoms with van der Waals surface area (Å²) in [6.07, 6.45) is 3.16. The number of allylic oxidation sites excluding steroid dienone is 2. The highest BCUT2D eigenvalue weighted by Gasteiger charge is 2.21. The van der Waals surface area contributed by atoms with Gasteiger partial charge in [0.1, 0.15) is 17.7 Å². The van der Waals surface area contributed by atoms with E-state index >= 15 is 0 Å². The van der Waals surface area contributed by atoms with Gasteiger partial charge in [0.05, 0.1) is 0 Å². The van der Waals surface area contributed by atoms with Crippen LogP contribution in [0.1, 0.15) is 36.1 Å². The monoisotopic (exact) mass is 386 g/mol. The van der Waals surface area contributed by atoms with Gasteiger partial charge in [-0.3, -0.25) is 0 Å². The van der Waals surface area contributed by atoms with E-state index in [1.54, 1.807) is 0 Å². The highest BCUT2D eigenvalue weighted by Crippen LogP contribution is 2.31. The number of hydrogen-bond acceptors (Lipinski definition) is 2. The van der Waals surface area contributed by atoms with Gasteiger partial charge in [-0.2, -0.15) is 10.5 Å². The van der Waals surface area contributed by atoms with Crippen molar-refractivity contribution >= 4 is 16.7 Å². The van der Waals surface area contributed by atoms with E-state index in [9.17, 15) is 10.5 Å². The molecule has 0 fully saturated rings. The molecule has 30 heavy (non-hydrogen) atoms. The van der Waals surface area contributed by atoms with Crippen LogP contribution in [0.3, 0.4) is 0 Å². The average molecular weight is 386 g/mol. The van der Waals surface area contributed by atoms with Crippen molar-refractivity contribution in [1.82, 2.24) is 0 Å². The van der Waals surface area contributed by atoms with Crippen molar-refractivity contribution in [2.75, 3.05) is 0 Å². The molecule has 0 bridgehead atoms. The molecule has 0 aliphatic heterocycles. The van der Waals surface area contributed by atoms with Crippen LogP contribution in [0.15, 0.2) is 78.9 Å². The summed E-state index contributed by atoms with van der Waals surface area (Å²) in [4.78, 5) is 0. The van der Waals surface area contributed by atoms with E-state index in [-0.39, 0.29) is 5.57 Å². The molecule has 1 aliphatic carbocycles. The first-order valence-corrected chi connectivity index (χ1v) is 10.2. The fraction of sp³-hybridized carbons (Fsp3) is 0.143. The Labute approximate surface area is 177 Å². The van der Waals surface area contributed by atoms with Crippen LogP contribution in [0.25, 0.3) is 16.7 Å². The van der Waals surface area contributed by atoms with Crippen molar-refractivity contribution in [1.29, 1.82) is 10.5 Å². The lowest BCUT2D eigenvalue weighted by Crippen LogP contribution is -2.34. The Balaban J connectivity index is 2.34. The molecule has 4 rings (SSSR count). The van der Waals surface area contributed by atoms with Gasteiger partial charge in [0.25, 0.3) is 0 Å². The molecule has 0 radical (unpaired) electrons. The van der Waals surface area contributed by atoms with Gasteiger partial charge in [0.2, 0.25) is 0 Å². The molecule has 0 N–H and O–H groups in total. The fourth-order valence-electron chi connectivity index (χ4n) is 4.27. The van der Waals surface area contributed by atoms with Crippen molar-refractivity contribution in [3.63, 3.8) is 0 Å². The largest absolute Gasteiger partial charge is 0.192 e. The second-order valence-corrected chi connectivity index (χ2v) is 7.75. The molecule has 0 aromatic heterocycles. The van der Waals surface area contributed by atoms with E-state index in [0.717, 1.165) is 28.3 Å². The van der Waals surface area contributed by atoms with E-state index in [2.05, 4.69) is 62.4 Å². The van der Waals surface area contributed by atoms with E-state index in [4.69, 9.17) is 0 Å². The lowest BCUT2D eigenvalue weighted by Gasteiger charge is -2.16. The first-order valence-electron chi connectivity index (χ1n) is 10.2. The van der Waals surface area contributed by atoms with Gasteiger partial charge in [0.15, 0.2) is 0 Å². The van der Waals surface area contributed by atoms with Gasteiger partial charge in [-0.25, -0.2) is 0 Å². The number of benzene rings is 3. The number of hydrogen-bond donors (Lipinski definition) is 0. The third kappa shape index (κ3) is 3.34. The maximum absolute atomic E-state index is 9.72. The topological polar surface area (TPSA) is 47.6 Å². The lowest BCUT2D eigenvalue weighted by molar-refractivity contribution is 0.856. The predicted molar refractivity (Wildman–Crippen MR) is 121 cm³/mol. The maximum atomic E-state index is 9.72. The zero-order valence-electron chi connectivity index (χ0n) is 17.2. The van der Waals surface area contributed by atoms with Gasteiger partial charge in [-0.15, -0.1) is 0 Å². The normalized spacial score (nSPS) is 12.0. The Morgan fingerprint density at radius 1 is 0.800 bits per heavy atom. The van der Waals surface area contributed by atoms with Gasteiger partial charge in [-0.1, -0.05) is 92.7 Å². The van der Waals surface area contributed by atoms with Crippen LogP contribution in [-0.2, 0) is 6.42 Å². The van der Waals surface area contributed by atoms with Gasteiger partial charge in [-0.05, 0) is 51.0 Å². The average Bonchev–Trinajstić information content (AvgIpc) is 3.22. The lowest BCUT2D eigenvalue weighted by atomic mass is 9.87. The molecule has 0 saturated heterocycles. The molecule has 144 valence electrons. The summed E-state index contributed by atoms with van der Waals surface area (Å²) in [6, 6.07) is 28.8. The van der Waals surface area contributed by atoms with Crippen LogP contribution in [0, 0.1) is 28.6 Å². The molecule has 2 heteroatoms. The molecule has 3 aromatic rings. The minimum Gasteiger partial charge on any atom is -0.192 e. The molecular formula is C28H22N2. The SMILES string of the molecule is CC(C)C1=CCc2ccc(=C(C#N)C#N)c(=C(c3ccccc3)c3ccccc3)c21. The Hall–Kier alpha value is -3.88. The summed E-state index contributed by atoms with van der Waals surface area (Å²) in [5.74, 6) is 0.348. The molecule has 0 heterocycles. The zero-order valence-corrected chi connectivity index (χ0v) is 17.2. The molecule has 1 aliphatic rings. The zero-order chi connectivity index (χ0) is 21.1. The summed E-state index contributed by atoms with van der Waals surface area (Å²) in [7, 11) is 0. The van der Waals surface area contributed by atoms with Crippen molar-refractivity contribution in [3.8, 4) is 12.1 Å². The Morgan fingerprint density at radius 3 is 1.87 bits per heavy atom. The number of rotatable bonds is 3. The smallest absolute Gasteiger partial charge is 0.137 e. The molecule has 2 nitrogen and oxygen atoms in total. The van der Waals surface area contributed by atoms with Crippen molar-refractivity contribution in [3.05, 3.63) is 112 Å². The van der Waals surface area contributed by atoms with Crippen LogP contribution in [0.4, 0.5) is 0 Å². The minimum absolute atomic E-state index is 0.146. The molecular weight excluding hydrogens is 364 g/mol. The van der Waals surface area contributed by atoms with Crippen molar-refractivity contribution in [2.24, 2.45) is 5.92 Å². The van der Waals surface area contributed by atoms with Crippen LogP contribution < -0.4 is 10.4 Å². The number of fused-ring (bicyclic) bond motifs is 1.